The number of oxazole rings is 1. The van der Waals surface area contributed by atoms with Gasteiger partial charge in [-0.3, -0.25) is 4.21 Å². The zero-order chi connectivity index (χ0) is 15.0. The highest BCUT2D eigenvalue weighted by atomic mass is 32.2. The first-order valence-electron chi connectivity index (χ1n) is 6.63. The van der Waals surface area contributed by atoms with E-state index in [0.717, 1.165) is 21.5 Å². The van der Waals surface area contributed by atoms with Gasteiger partial charge < -0.3 is 10.2 Å². The summed E-state index contributed by atoms with van der Waals surface area (Å²) >= 11 is 0. The SMILES string of the molecule is Cc1ccc(C)c(S(=O)Cc2nc3ccc(N)cc3o2)c1. The van der Waals surface area contributed by atoms with E-state index >= 15 is 0 Å². The maximum Gasteiger partial charge on any atom is 0.208 e. The number of rotatable bonds is 3. The van der Waals surface area contributed by atoms with E-state index in [1.165, 1.54) is 0 Å². The number of hydrogen-bond donors (Lipinski definition) is 1. The molecule has 0 radical (unpaired) electrons. The second-order valence-electron chi connectivity index (χ2n) is 5.09. The van der Waals surface area contributed by atoms with Gasteiger partial charge >= 0.3 is 0 Å². The Bertz CT molecular complexity index is 839. The standard InChI is InChI=1S/C16H16N2O2S/c1-10-3-4-11(2)15(7-10)21(19)9-16-18-13-6-5-12(17)8-14(13)20-16/h3-8H,9,17H2,1-2H3. The number of benzene rings is 2. The summed E-state index contributed by atoms with van der Waals surface area (Å²) in [4.78, 5) is 5.19. The minimum Gasteiger partial charge on any atom is -0.440 e. The average Bonchev–Trinajstić information content (AvgIpc) is 2.82. The third-order valence-corrected chi connectivity index (χ3v) is 4.74. The first kappa shape index (κ1) is 13.8. The highest BCUT2D eigenvalue weighted by Gasteiger charge is 2.13. The number of aromatic nitrogens is 1. The van der Waals surface area contributed by atoms with Crippen LogP contribution in [0.4, 0.5) is 5.69 Å². The first-order valence-corrected chi connectivity index (χ1v) is 7.95. The van der Waals surface area contributed by atoms with Crippen LogP contribution in [0.3, 0.4) is 0 Å². The minimum atomic E-state index is -1.18. The van der Waals surface area contributed by atoms with E-state index in [9.17, 15) is 4.21 Å². The number of hydrogen-bond acceptors (Lipinski definition) is 4. The molecule has 0 bridgehead atoms. The van der Waals surface area contributed by atoms with E-state index in [-0.39, 0.29) is 5.75 Å². The Balaban J connectivity index is 1.90. The second kappa shape index (κ2) is 5.33. The van der Waals surface area contributed by atoms with Crippen molar-refractivity contribution in [3.8, 4) is 0 Å². The highest BCUT2D eigenvalue weighted by Crippen LogP contribution is 2.22. The molecule has 1 aromatic heterocycles. The van der Waals surface area contributed by atoms with Crippen molar-refractivity contribution in [1.82, 2.24) is 4.98 Å². The third-order valence-electron chi connectivity index (χ3n) is 3.30. The molecule has 0 aliphatic carbocycles. The molecule has 2 aromatic carbocycles. The van der Waals surface area contributed by atoms with Crippen LogP contribution in [-0.4, -0.2) is 9.19 Å². The van der Waals surface area contributed by atoms with Gasteiger partial charge in [0.1, 0.15) is 11.3 Å². The quantitative estimate of drug-likeness (QED) is 0.753. The second-order valence-corrected chi connectivity index (χ2v) is 6.51. The molecule has 0 aliphatic rings. The molecule has 0 spiro atoms. The van der Waals surface area contributed by atoms with Gasteiger partial charge in [0.25, 0.3) is 0 Å². The fourth-order valence-corrected chi connectivity index (χ4v) is 3.44. The number of nitrogens with zero attached hydrogens (tertiary/aromatic N) is 1. The van der Waals surface area contributed by atoms with Crippen LogP contribution in [0.2, 0.25) is 0 Å². The van der Waals surface area contributed by atoms with Crippen LogP contribution in [0.25, 0.3) is 11.1 Å². The summed E-state index contributed by atoms with van der Waals surface area (Å²) in [6.45, 7) is 3.95. The molecule has 108 valence electrons. The van der Waals surface area contributed by atoms with E-state index in [0.29, 0.717) is 17.2 Å². The monoisotopic (exact) mass is 300 g/mol. The third kappa shape index (κ3) is 2.83. The van der Waals surface area contributed by atoms with Crippen molar-refractivity contribution in [3.63, 3.8) is 0 Å². The molecular formula is C16H16N2O2S. The normalized spacial score (nSPS) is 12.7. The van der Waals surface area contributed by atoms with E-state index in [1.54, 1.807) is 18.2 Å². The molecule has 1 atom stereocenters. The molecule has 4 nitrogen and oxygen atoms in total. The van der Waals surface area contributed by atoms with Crippen molar-refractivity contribution in [3.05, 3.63) is 53.4 Å². The van der Waals surface area contributed by atoms with Gasteiger partial charge in [0, 0.05) is 16.6 Å². The summed E-state index contributed by atoms with van der Waals surface area (Å²) in [6, 6.07) is 11.3. The summed E-state index contributed by atoms with van der Waals surface area (Å²) in [5.41, 5.74) is 9.81. The summed E-state index contributed by atoms with van der Waals surface area (Å²) in [6.07, 6.45) is 0. The van der Waals surface area contributed by atoms with Crippen LogP contribution in [-0.2, 0) is 16.6 Å². The van der Waals surface area contributed by atoms with E-state index in [2.05, 4.69) is 4.98 Å². The van der Waals surface area contributed by atoms with Gasteiger partial charge in [0.05, 0.1) is 10.8 Å². The number of nitrogens with two attached hydrogens (primary N) is 1. The summed E-state index contributed by atoms with van der Waals surface area (Å²) in [7, 11) is -1.18. The van der Waals surface area contributed by atoms with Gasteiger partial charge in [-0.25, -0.2) is 4.98 Å². The number of fused-ring (bicyclic) bond motifs is 1. The summed E-state index contributed by atoms with van der Waals surface area (Å²) < 4.78 is 18.1. The minimum absolute atomic E-state index is 0.263. The lowest BCUT2D eigenvalue weighted by Gasteiger charge is -2.05. The maximum absolute atomic E-state index is 12.5. The van der Waals surface area contributed by atoms with Crippen molar-refractivity contribution in [2.75, 3.05) is 5.73 Å². The molecule has 0 saturated heterocycles. The topological polar surface area (TPSA) is 69.1 Å². The van der Waals surface area contributed by atoms with Crippen LogP contribution >= 0.6 is 0 Å². The number of nitrogen functional groups attached to an aromatic ring is 1. The smallest absolute Gasteiger partial charge is 0.208 e. The van der Waals surface area contributed by atoms with Gasteiger partial charge in [-0.2, -0.15) is 0 Å². The molecule has 21 heavy (non-hydrogen) atoms. The fourth-order valence-electron chi connectivity index (χ4n) is 2.19. The molecule has 3 rings (SSSR count). The maximum atomic E-state index is 12.5. The molecule has 0 amide bonds. The van der Waals surface area contributed by atoms with Gasteiger partial charge in [-0.15, -0.1) is 0 Å². The Kier molecular flexibility index (Phi) is 3.51. The van der Waals surface area contributed by atoms with Crippen LogP contribution in [0.15, 0.2) is 45.7 Å². The molecule has 1 unspecified atom stereocenters. The predicted octanol–water partition coefficient (Wildman–Crippen LogP) is 3.33. The molecular weight excluding hydrogens is 284 g/mol. The van der Waals surface area contributed by atoms with Crippen molar-refractivity contribution in [2.45, 2.75) is 24.5 Å². The van der Waals surface area contributed by atoms with Crippen LogP contribution in [0.1, 0.15) is 17.0 Å². The highest BCUT2D eigenvalue weighted by molar-refractivity contribution is 7.84. The molecule has 0 fully saturated rings. The Labute approximate surface area is 125 Å². The van der Waals surface area contributed by atoms with Gasteiger partial charge in [-0.1, -0.05) is 12.1 Å². The molecule has 3 aromatic rings. The predicted molar refractivity (Wildman–Crippen MR) is 84.4 cm³/mol. The Morgan fingerprint density at radius 2 is 2.00 bits per heavy atom. The number of aryl methyl sites for hydroxylation is 2. The van der Waals surface area contributed by atoms with Crippen molar-refractivity contribution >= 4 is 27.6 Å². The number of anilines is 1. The Morgan fingerprint density at radius 3 is 2.81 bits per heavy atom. The van der Waals surface area contributed by atoms with Crippen molar-refractivity contribution in [2.24, 2.45) is 0 Å². The molecule has 2 N–H and O–H groups in total. The zero-order valence-corrected chi connectivity index (χ0v) is 12.7. The first-order chi connectivity index (χ1) is 10.0. The molecule has 5 heteroatoms. The summed E-state index contributed by atoms with van der Waals surface area (Å²) in [5.74, 6) is 0.730. The van der Waals surface area contributed by atoms with Crippen molar-refractivity contribution in [1.29, 1.82) is 0 Å². The van der Waals surface area contributed by atoms with Crippen LogP contribution < -0.4 is 5.73 Å². The lowest BCUT2D eigenvalue weighted by Crippen LogP contribution is -1.99. The van der Waals surface area contributed by atoms with Crippen LogP contribution in [0.5, 0.6) is 0 Å². The Morgan fingerprint density at radius 1 is 1.19 bits per heavy atom. The molecule has 0 aliphatic heterocycles. The van der Waals surface area contributed by atoms with Crippen LogP contribution in [0, 0.1) is 13.8 Å². The largest absolute Gasteiger partial charge is 0.440 e. The van der Waals surface area contributed by atoms with Gasteiger partial charge in [-0.05, 0) is 43.2 Å². The average molecular weight is 300 g/mol. The van der Waals surface area contributed by atoms with E-state index < -0.39 is 10.8 Å². The fraction of sp³-hybridized carbons (Fsp3) is 0.188. The molecule has 1 heterocycles. The lowest BCUT2D eigenvalue weighted by atomic mass is 10.2. The van der Waals surface area contributed by atoms with E-state index in [4.69, 9.17) is 10.2 Å². The molecule has 0 saturated carbocycles. The van der Waals surface area contributed by atoms with Gasteiger partial charge in [0.15, 0.2) is 5.58 Å². The van der Waals surface area contributed by atoms with Crippen molar-refractivity contribution < 1.29 is 8.63 Å². The summed E-state index contributed by atoms with van der Waals surface area (Å²) in [5, 5.41) is 0. The zero-order valence-electron chi connectivity index (χ0n) is 11.9. The lowest BCUT2D eigenvalue weighted by molar-refractivity contribution is 0.552. The van der Waals surface area contributed by atoms with Gasteiger partial charge in [0.2, 0.25) is 5.89 Å². The van der Waals surface area contributed by atoms with E-state index in [1.807, 2.05) is 32.0 Å². The Hall–Kier alpha value is -2.14.